The molecule has 4 aromatic heterocycles. The lowest BCUT2D eigenvalue weighted by Crippen LogP contribution is -2.56. The molecule has 16 nitrogen and oxygen atoms in total. The summed E-state index contributed by atoms with van der Waals surface area (Å²) in [5.41, 5.74) is 6.43. The summed E-state index contributed by atoms with van der Waals surface area (Å²) >= 11 is 0. The van der Waals surface area contributed by atoms with Crippen molar-refractivity contribution in [3.8, 4) is 0 Å². The number of hydrogen-bond donors (Lipinski definition) is 3. The van der Waals surface area contributed by atoms with Gasteiger partial charge in [-0.15, -0.1) is 0 Å². The number of aromatic nitrogens is 6. The maximum Gasteiger partial charge on any atom is 0.229 e. The van der Waals surface area contributed by atoms with Gasteiger partial charge in [0.15, 0.2) is 0 Å². The highest BCUT2D eigenvalue weighted by atomic mass is 16.5. The lowest BCUT2D eigenvalue weighted by molar-refractivity contribution is -0.0936. The van der Waals surface area contributed by atoms with Crippen LogP contribution >= 0.6 is 0 Å². The molecule has 6 saturated heterocycles. The van der Waals surface area contributed by atoms with Gasteiger partial charge in [-0.1, -0.05) is 31.2 Å². The van der Waals surface area contributed by atoms with Crippen LogP contribution in [-0.4, -0.2) is 140 Å². The zero-order chi connectivity index (χ0) is 50.7. The van der Waals surface area contributed by atoms with Gasteiger partial charge in [0.1, 0.15) is 23.3 Å². The van der Waals surface area contributed by atoms with Crippen LogP contribution in [0.2, 0.25) is 0 Å². The van der Waals surface area contributed by atoms with Crippen molar-refractivity contribution in [2.45, 2.75) is 119 Å². The molecule has 0 saturated carbocycles. The Balaban J connectivity index is 0.761. The first kappa shape index (κ1) is 47.2. The number of fused-ring (bicyclic) bond motifs is 10. The molecule has 388 valence electrons. The molecular formula is C59H70N14O2. The van der Waals surface area contributed by atoms with E-state index in [0.717, 1.165) is 110 Å². The van der Waals surface area contributed by atoms with E-state index in [2.05, 4.69) is 154 Å². The van der Waals surface area contributed by atoms with Crippen LogP contribution in [0.15, 0.2) is 104 Å². The number of hydrogen-bond acceptors (Lipinski definition) is 16. The van der Waals surface area contributed by atoms with E-state index in [0.29, 0.717) is 37.6 Å². The third kappa shape index (κ3) is 8.29. The van der Waals surface area contributed by atoms with Crippen LogP contribution in [-0.2, 0) is 33.1 Å². The molecule has 16 heteroatoms. The molecule has 14 rings (SSSR count). The Kier molecular flexibility index (Phi) is 11.1. The molecule has 2 aromatic carbocycles. The molecule has 75 heavy (non-hydrogen) atoms. The monoisotopic (exact) mass is 1010 g/mol. The normalized spacial score (nSPS) is 30.6. The summed E-state index contributed by atoms with van der Waals surface area (Å²) in [7, 11) is 0. The van der Waals surface area contributed by atoms with Crippen molar-refractivity contribution in [2.24, 2.45) is 0 Å². The summed E-state index contributed by atoms with van der Waals surface area (Å²) in [5.74, 6) is 4.55. The second-order valence-electron chi connectivity index (χ2n) is 24.4. The van der Waals surface area contributed by atoms with Crippen molar-refractivity contribution < 1.29 is 9.47 Å². The fourth-order valence-corrected chi connectivity index (χ4v) is 14.3. The molecule has 6 fully saturated rings. The Labute approximate surface area is 440 Å². The van der Waals surface area contributed by atoms with E-state index in [4.69, 9.17) is 39.4 Å². The zero-order valence-electron chi connectivity index (χ0n) is 44.1. The minimum Gasteiger partial charge on any atom is -0.374 e. The highest BCUT2D eigenvalue weighted by molar-refractivity contribution is 5.73. The molecule has 2 unspecified atom stereocenters. The number of ether oxygens (including phenoxy) is 2. The van der Waals surface area contributed by atoms with Gasteiger partial charge in [0.2, 0.25) is 11.9 Å². The number of piperazine rings is 2. The van der Waals surface area contributed by atoms with Gasteiger partial charge in [-0.05, 0) is 132 Å². The van der Waals surface area contributed by atoms with Crippen LogP contribution in [0.4, 0.5) is 52.2 Å². The maximum atomic E-state index is 6.85. The molecule has 0 amide bonds. The third-order valence-electron chi connectivity index (χ3n) is 18.4. The highest BCUT2D eigenvalue weighted by Crippen LogP contribution is 2.56. The van der Waals surface area contributed by atoms with Crippen molar-refractivity contribution in [1.29, 1.82) is 0 Å². The third-order valence-corrected chi connectivity index (χ3v) is 18.4. The molecule has 0 aliphatic carbocycles. The summed E-state index contributed by atoms with van der Waals surface area (Å²) in [6.45, 7) is 21.2. The predicted molar refractivity (Wildman–Crippen MR) is 294 cm³/mol. The fourth-order valence-electron chi connectivity index (χ4n) is 14.3. The largest absolute Gasteiger partial charge is 0.374 e. The van der Waals surface area contributed by atoms with Crippen LogP contribution in [0, 0.1) is 0 Å². The average Bonchev–Trinajstić information content (AvgIpc) is 4.12. The Hall–Kier alpha value is -6.30. The van der Waals surface area contributed by atoms with E-state index >= 15 is 0 Å². The number of nitrogens with one attached hydrogen (secondary N) is 3. The van der Waals surface area contributed by atoms with Crippen molar-refractivity contribution in [2.75, 3.05) is 90.9 Å². The molecule has 12 heterocycles. The molecule has 8 aliphatic heterocycles. The van der Waals surface area contributed by atoms with Crippen LogP contribution < -0.4 is 30.7 Å². The SMILES string of the molecule is CC1(C)C[C@H]2N(c3ccccn3)c3nc(Nc4ccc(C[C@]56CCN(CCN5)C6)cc4)ncc3[C@@]2(Cc2ccc(N3c4nc(Nc5ccc(N6CCN7CC[C@H]6C7)cc5)ncc4[C@@]4(C)COC(C)(C)C[C@@H]34)nc2)CO1. The van der Waals surface area contributed by atoms with Crippen molar-refractivity contribution >= 4 is 52.2 Å². The van der Waals surface area contributed by atoms with Crippen molar-refractivity contribution in [3.63, 3.8) is 0 Å². The van der Waals surface area contributed by atoms with Crippen LogP contribution in [0.5, 0.6) is 0 Å². The summed E-state index contributed by atoms with van der Waals surface area (Å²) in [6, 6.07) is 28.8. The fraction of sp³-hybridized carbons (Fsp3) is 0.492. The second kappa shape index (κ2) is 17.6. The topological polar surface area (TPSA) is 148 Å². The number of nitrogens with zero attached hydrogens (tertiary/aromatic N) is 11. The summed E-state index contributed by atoms with van der Waals surface area (Å²) in [5, 5.41) is 11.0. The molecule has 0 spiro atoms. The van der Waals surface area contributed by atoms with Gasteiger partial charge in [0.05, 0.1) is 36.5 Å². The smallest absolute Gasteiger partial charge is 0.229 e. The van der Waals surface area contributed by atoms with Gasteiger partial charge in [-0.2, -0.15) is 9.97 Å². The van der Waals surface area contributed by atoms with Crippen LogP contribution in [0.3, 0.4) is 0 Å². The van der Waals surface area contributed by atoms with E-state index in [-0.39, 0.29) is 34.2 Å². The lowest BCUT2D eigenvalue weighted by Gasteiger charge is -2.48. The van der Waals surface area contributed by atoms with Gasteiger partial charge < -0.3 is 45.0 Å². The molecule has 0 radical (unpaired) electrons. The van der Waals surface area contributed by atoms with E-state index in [1.165, 1.54) is 37.2 Å². The molecular weight excluding hydrogens is 937 g/mol. The first-order valence-electron chi connectivity index (χ1n) is 27.5. The Morgan fingerprint density at radius 3 is 2.07 bits per heavy atom. The van der Waals surface area contributed by atoms with Gasteiger partial charge in [0, 0.05) is 128 Å². The van der Waals surface area contributed by atoms with Gasteiger partial charge >= 0.3 is 0 Å². The predicted octanol–water partition coefficient (Wildman–Crippen LogP) is 8.20. The van der Waals surface area contributed by atoms with E-state index in [1.807, 2.05) is 24.7 Å². The average molecular weight is 1010 g/mol. The zero-order valence-corrected chi connectivity index (χ0v) is 44.1. The molecule has 8 aliphatic rings. The minimum atomic E-state index is -0.491. The Morgan fingerprint density at radius 2 is 1.32 bits per heavy atom. The summed E-state index contributed by atoms with van der Waals surface area (Å²) in [6.07, 6.45) is 13.7. The number of anilines is 9. The Morgan fingerprint density at radius 1 is 0.627 bits per heavy atom. The van der Waals surface area contributed by atoms with E-state index < -0.39 is 5.41 Å². The first-order chi connectivity index (χ1) is 36.3. The second-order valence-corrected chi connectivity index (χ2v) is 24.4. The highest BCUT2D eigenvalue weighted by Gasteiger charge is 2.59. The first-order valence-corrected chi connectivity index (χ1v) is 27.5. The van der Waals surface area contributed by atoms with Crippen LogP contribution in [0.25, 0.3) is 0 Å². The minimum absolute atomic E-state index is 0.0126. The summed E-state index contributed by atoms with van der Waals surface area (Å²) in [4.78, 5) is 43.4. The molecule has 8 atom stereocenters. The Bertz CT molecular complexity index is 3100. The lowest BCUT2D eigenvalue weighted by atomic mass is 9.69. The van der Waals surface area contributed by atoms with Gasteiger partial charge in [-0.25, -0.2) is 19.9 Å². The standard InChI is InChI=1S/C59H70N14O2/c1-55(2)30-47-57(5,37-74-55)45-33-62-53(66-42-14-16-43(17-15-42)71-27-26-69-23-19-44(71)35-69)67-51(45)72(47)50-18-11-40(32-61-50)29-59-38-75-56(3,4)31-48(59)73(49-8-6-7-21-60-49)52-46(59)34-63-54(68-52)65-41-12-9-39(10-13-41)28-58-20-24-70(36-58)25-22-64-58/h6-18,21,32-34,44,47-48,64H,19-20,22-31,35-38H2,1-5H3,(H,62,66,67)(H,63,65,68)/t44-,47+,48+,57+,58-,59+/m0/s1. The van der Waals surface area contributed by atoms with Crippen molar-refractivity contribution in [1.82, 2.24) is 45.0 Å². The number of benzene rings is 2. The maximum absolute atomic E-state index is 6.85. The number of rotatable bonds is 11. The molecule has 6 aromatic rings. The quantitative estimate of drug-likeness (QED) is 0.114. The van der Waals surface area contributed by atoms with Crippen molar-refractivity contribution in [3.05, 3.63) is 126 Å². The molecule has 4 bridgehead atoms. The van der Waals surface area contributed by atoms with Crippen LogP contribution in [0.1, 0.15) is 82.6 Å². The molecule has 3 N–H and O–H groups in total. The van der Waals surface area contributed by atoms with Gasteiger partial charge in [-0.3, -0.25) is 4.90 Å². The van der Waals surface area contributed by atoms with Gasteiger partial charge in [0.25, 0.3) is 0 Å². The summed E-state index contributed by atoms with van der Waals surface area (Å²) < 4.78 is 13.4. The number of pyridine rings is 2. The van der Waals surface area contributed by atoms with E-state index in [9.17, 15) is 0 Å². The van der Waals surface area contributed by atoms with E-state index in [1.54, 1.807) is 0 Å².